The van der Waals surface area contributed by atoms with Gasteiger partial charge in [0.1, 0.15) is 5.75 Å². The van der Waals surface area contributed by atoms with E-state index in [9.17, 15) is 13.2 Å². The van der Waals surface area contributed by atoms with Gasteiger partial charge in [0.25, 0.3) is 5.91 Å². The van der Waals surface area contributed by atoms with Gasteiger partial charge in [0.05, 0.1) is 5.75 Å². The van der Waals surface area contributed by atoms with Crippen molar-refractivity contribution in [2.24, 2.45) is 5.14 Å². The number of primary sulfonamides is 1. The van der Waals surface area contributed by atoms with Crippen molar-refractivity contribution in [3.8, 4) is 5.75 Å². The summed E-state index contributed by atoms with van der Waals surface area (Å²) in [6, 6.07) is 13.9. The summed E-state index contributed by atoms with van der Waals surface area (Å²) in [5.41, 5.74) is 2.22. The number of anilines is 1. The summed E-state index contributed by atoms with van der Waals surface area (Å²) in [6.45, 7) is 3.63. The fourth-order valence-corrected chi connectivity index (χ4v) is 2.69. The van der Waals surface area contributed by atoms with Crippen LogP contribution in [0, 0.1) is 6.92 Å². The number of sulfonamides is 1. The molecule has 7 heteroatoms. The molecule has 1 atom stereocenters. The highest BCUT2D eigenvalue weighted by Crippen LogP contribution is 2.15. The molecule has 0 spiro atoms. The van der Waals surface area contributed by atoms with Gasteiger partial charge in [0, 0.05) is 5.69 Å². The highest BCUT2D eigenvalue weighted by atomic mass is 32.2. The molecule has 6 nitrogen and oxygen atoms in total. The highest BCUT2D eigenvalue weighted by Gasteiger charge is 2.15. The number of benzene rings is 2. The first-order valence-electron chi connectivity index (χ1n) is 7.36. The van der Waals surface area contributed by atoms with E-state index in [0.29, 0.717) is 17.0 Å². The van der Waals surface area contributed by atoms with E-state index in [1.54, 1.807) is 43.3 Å². The Kier molecular flexibility index (Phi) is 5.58. The summed E-state index contributed by atoms with van der Waals surface area (Å²) in [5, 5.41) is 7.71. The second-order valence-corrected chi connectivity index (χ2v) is 7.18. The zero-order valence-electron chi connectivity index (χ0n) is 13.5. The number of carbonyl (C=O) groups is 1. The monoisotopic (exact) mass is 348 g/mol. The minimum atomic E-state index is -3.57. The molecule has 0 saturated carbocycles. The summed E-state index contributed by atoms with van der Waals surface area (Å²) < 4.78 is 27.7. The molecular weight excluding hydrogens is 328 g/mol. The first-order valence-corrected chi connectivity index (χ1v) is 9.08. The molecule has 2 aromatic carbocycles. The lowest BCUT2D eigenvalue weighted by molar-refractivity contribution is -0.122. The molecule has 0 heterocycles. The highest BCUT2D eigenvalue weighted by molar-refractivity contribution is 7.88. The Labute approximate surface area is 141 Å². The van der Waals surface area contributed by atoms with Crippen molar-refractivity contribution in [2.45, 2.75) is 25.7 Å². The van der Waals surface area contributed by atoms with Crippen molar-refractivity contribution >= 4 is 21.6 Å². The molecule has 3 N–H and O–H groups in total. The number of ether oxygens (including phenoxy) is 1. The van der Waals surface area contributed by atoms with Crippen LogP contribution in [0.1, 0.15) is 18.1 Å². The predicted molar refractivity (Wildman–Crippen MR) is 93.2 cm³/mol. The van der Waals surface area contributed by atoms with Crippen LogP contribution >= 0.6 is 0 Å². The third kappa shape index (κ3) is 5.68. The largest absolute Gasteiger partial charge is 0.481 e. The van der Waals surface area contributed by atoms with Gasteiger partial charge in [-0.3, -0.25) is 4.79 Å². The van der Waals surface area contributed by atoms with E-state index in [2.05, 4.69) is 5.32 Å². The number of carbonyl (C=O) groups excluding carboxylic acids is 1. The maximum absolute atomic E-state index is 12.1. The van der Waals surface area contributed by atoms with E-state index in [1.807, 2.05) is 19.1 Å². The lowest BCUT2D eigenvalue weighted by atomic mass is 10.2. The predicted octanol–water partition coefficient (Wildman–Crippen LogP) is 2.19. The Bertz CT molecular complexity index is 799. The van der Waals surface area contributed by atoms with Gasteiger partial charge < -0.3 is 10.1 Å². The molecule has 0 aliphatic carbocycles. The molecule has 0 aliphatic heterocycles. The minimum absolute atomic E-state index is 0.242. The smallest absolute Gasteiger partial charge is 0.265 e. The van der Waals surface area contributed by atoms with E-state index in [-0.39, 0.29) is 11.7 Å². The Morgan fingerprint density at radius 2 is 1.71 bits per heavy atom. The maximum atomic E-state index is 12.1. The fraction of sp³-hybridized carbons (Fsp3) is 0.235. The molecule has 128 valence electrons. The molecule has 1 unspecified atom stereocenters. The Morgan fingerprint density at radius 3 is 2.25 bits per heavy atom. The molecule has 0 fully saturated rings. The first kappa shape index (κ1) is 18.0. The second-order valence-electron chi connectivity index (χ2n) is 5.57. The number of hydrogen-bond acceptors (Lipinski definition) is 4. The van der Waals surface area contributed by atoms with Gasteiger partial charge in [-0.15, -0.1) is 0 Å². The van der Waals surface area contributed by atoms with Crippen molar-refractivity contribution in [2.75, 3.05) is 5.32 Å². The van der Waals surface area contributed by atoms with E-state index in [0.717, 1.165) is 5.56 Å². The van der Waals surface area contributed by atoms with E-state index < -0.39 is 16.1 Å². The number of hydrogen-bond donors (Lipinski definition) is 2. The van der Waals surface area contributed by atoms with Gasteiger partial charge in [-0.25, -0.2) is 13.6 Å². The summed E-state index contributed by atoms with van der Waals surface area (Å²) in [6.07, 6.45) is -0.670. The number of rotatable bonds is 6. The molecule has 2 rings (SSSR count). The lowest BCUT2D eigenvalue weighted by Gasteiger charge is -2.15. The molecule has 1 amide bonds. The van der Waals surface area contributed by atoms with Crippen LogP contribution in [0.4, 0.5) is 5.69 Å². The zero-order chi connectivity index (χ0) is 17.7. The first-order chi connectivity index (χ1) is 11.2. The normalized spacial score (nSPS) is 12.5. The average Bonchev–Trinajstić information content (AvgIpc) is 2.50. The topological polar surface area (TPSA) is 98.5 Å². The van der Waals surface area contributed by atoms with Crippen LogP contribution in [0.3, 0.4) is 0 Å². The van der Waals surface area contributed by atoms with Crippen molar-refractivity contribution in [3.05, 3.63) is 59.7 Å². The molecular formula is C17H20N2O4S. The van der Waals surface area contributed by atoms with Crippen LogP contribution in [0.5, 0.6) is 5.75 Å². The molecule has 0 saturated heterocycles. The number of amides is 1. The Morgan fingerprint density at radius 1 is 1.12 bits per heavy atom. The van der Waals surface area contributed by atoms with Gasteiger partial charge in [0.2, 0.25) is 10.0 Å². The van der Waals surface area contributed by atoms with Gasteiger partial charge in [0.15, 0.2) is 6.10 Å². The maximum Gasteiger partial charge on any atom is 0.265 e. The van der Waals surface area contributed by atoms with Gasteiger partial charge in [-0.2, -0.15) is 0 Å². The zero-order valence-corrected chi connectivity index (χ0v) is 14.3. The third-order valence-electron chi connectivity index (χ3n) is 3.29. The fourth-order valence-electron chi connectivity index (χ4n) is 2.03. The van der Waals surface area contributed by atoms with Crippen LogP contribution in [0.15, 0.2) is 48.5 Å². The van der Waals surface area contributed by atoms with Crippen molar-refractivity contribution in [1.82, 2.24) is 0 Å². The molecule has 2 aromatic rings. The lowest BCUT2D eigenvalue weighted by Crippen LogP contribution is -2.30. The van der Waals surface area contributed by atoms with Crippen LogP contribution in [-0.2, 0) is 20.6 Å². The summed E-state index contributed by atoms with van der Waals surface area (Å²) >= 11 is 0. The Hall–Kier alpha value is -2.38. The van der Waals surface area contributed by atoms with Crippen molar-refractivity contribution in [3.63, 3.8) is 0 Å². The molecule has 0 radical (unpaired) electrons. The third-order valence-corrected chi connectivity index (χ3v) is 4.03. The second kappa shape index (κ2) is 7.46. The van der Waals surface area contributed by atoms with Crippen LogP contribution in [-0.4, -0.2) is 20.4 Å². The van der Waals surface area contributed by atoms with Crippen molar-refractivity contribution in [1.29, 1.82) is 0 Å². The number of nitrogens with one attached hydrogen (secondary N) is 1. The van der Waals surface area contributed by atoms with Crippen LogP contribution < -0.4 is 15.2 Å². The van der Waals surface area contributed by atoms with Gasteiger partial charge in [-0.1, -0.05) is 29.8 Å². The van der Waals surface area contributed by atoms with Crippen LogP contribution in [0.25, 0.3) is 0 Å². The standard InChI is InChI=1S/C17H20N2O4S/c1-12-3-9-16(10-4-12)23-13(2)17(20)19-15-7-5-14(6-8-15)11-24(18,21)22/h3-10,13H,11H2,1-2H3,(H,19,20)(H2,18,21,22). The van der Waals surface area contributed by atoms with Gasteiger partial charge in [-0.05, 0) is 43.7 Å². The molecule has 0 bridgehead atoms. The van der Waals surface area contributed by atoms with Gasteiger partial charge >= 0.3 is 0 Å². The van der Waals surface area contributed by atoms with E-state index in [4.69, 9.17) is 9.88 Å². The molecule has 24 heavy (non-hydrogen) atoms. The van der Waals surface area contributed by atoms with E-state index in [1.165, 1.54) is 0 Å². The quantitative estimate of drug-likeness (QED) is 0.836. The molecule has 0 aromatic heterocycles. The number of nitrogens with two attached hydrogens (primary N) is 1. The molecule has 0 aliphatic rings. The summed E-state index contributed by atoms with van der Waals surface area (Å²) in [7, 11) is -3.57. The number of aryl methyl sites for hydroxylation is 1. The van der Waals surface area contributed by atoms with Crippen molar-refractivity contribution < 1.29 is 17.9 Å². The summed E-state index contributed by atoms with van der Waals surface area (Å²) in [4.78, 5) is 12.1. The van der Waals surface area contributed by atoms with Crippen LogP contribution in [0.2, 0.25) is 0 Å². The van der Waals surface area contributed by atoms with E-state index >= 15 is 0 Å². The minimum Gasteiger partial charge on any atom is -0.481 e. The SMILES string of the molecule is Cc1ccc(OC(C)C(=O)Nc2ccc(CS(N)(=O)=O)cc2)cc1. The Balaban J connectivity index is 1.94. The average molecular weight is 348 g/mol. The summed E-state index contributed by atoms with van der Waals surface area (Å²) in [5.74, 6) is 0.0790.